The minimum atomic E-state index is -1.34. The Morgan fingerprint density at radius 2 is 2.22 bits per heavy atom. The van der Waals surface area contributed by atoms with E-state index in [0.717, 1.165) is 0 Å². The molecule has 5 N–H and O–H groups in total. The predicted octanol–water partition coefficient (Wildman–Crippen LogP) is -2.31. The number of hydrogen-bond acceptors (Lipinski definition) is 8. The number of aromatic amines is 1. The summed E-state index contributed by atoms with van der Waals surface area (Å²) in [7, 11) is 0. The number of fused-ring (bicyclic) bond motifs is 1. The zero-order chi connectivity index (χ0) is 16.7. The van der Waals surface area contributed by atoms with E-state index in [4.69, 9.17) is 9.84 Å². The lowest BCUT2D eigenvalue weighted by molar-refractivity contribution is -0.114. The van der Waals surface area contributed by atoms with Gasteiger partial charge in [0, 0.05) is 6.92 Å². The lowest BCUT2D eigenvalue weighted by Gasteiger charge is -2.16. The summed E-state index contributed by atoms with van der Waals surface area (Å²) in [6, 6.07) is 0. The van der Waals surface area contributed by atoms with Crippen LogP contribution in [0, 0.1) is 0 Å². The zero-order valence-corrected chi connectivity index (χ0v) is 12.0. The number of hydrogen-bond donors (Lipinski definition) is 5. The Balaban J connectivity index is 2.06. The van der Waals surface area contributed by atoms with Gasteiger partial charge in [-0.15, -0.1) is 0 Å². The van der Waals surface area contributed by atoms with E-state index in [0.29, 0.717) is 0 Å². The molecule has 1 aliphatic heterocycles. The summed E-state index contributed by atoms with van der Waals surface area (Å²) in [5.41, 5.74) is -0.534. The number of anilines is 1. The average molecular weight is 325 g/mol. The quantitative estimate of drug-likeness (QED) is 0.420. The summed E-state index contributed by atoms with van der Waals surface area (Å²) in [6.45, 7) is 0.778. The minimum Gasteiger partial charge on any atom is -0.394 e. The van der Waals surface area contributed by atoms with Crippen LogP contribution in [-0.4, -0.2) is 65.7 Å². The number of carbonyl (C=O) groups is 1. The second kappa shape index (κ2) is 5.70. The van der Waals surface area contributed by atoms with Crippen molar-refractivity contribution in [3.05, 3.63) is 16.7 Å². The van der Waals surface area contributed by atoms with Crippen molar-refractivity contribution in [1.29, 1.82) is 0 Å². The Bertz CT molecular complexity index is 801. The molecule has 0 bridgehead atoms. The van der Waals surface area contributed by atoms with E-state index in [1.54, 1.807) is 0 Å². The van der Waals surface area contributed by atoms with E-state index in [1.807, 2.05) is 0 Å². The van der Waals surface area contributed by atoms with Gasteiger partial charge in [0.15, 0.2) is 17.4 Å². The van der Waals surface area contributed by atoms with Crippen molar-refractivity contribution in [3.63, 3.8) is 0 Å². The van der Waals surface area contributed by atoms with Crippen LogP contribution in [0.2, 0.25) is 0 Å². The van der Waals surface area contributed by atoms with Crippen LogP contribution in [0.1, 0.15) is 13.2 Å². The fourth-order valence-electron chi connectivity index (χ4n) is 2.45. The molecular formula is C12H15N5O6. The van der Waals surface area contributed by atoms with Gasteiger partial charge in [-0.3, -0.25) is 24.5 Å². The van der Waals surface area contributed by atoms with Gasteiger partial charge in [-0.05, 0) is 0 Å². The van der Waals surface area contributed by atoms with Crippen molar-refractivity contribution in [2.75, 3.05) is 11.9 Å². The summed E-state index contributed by atoms with van der Waals surface area (Å²) in [6.07, 6.45) is -3.45. The predicted molar refractivity (Wildman–Crippen MR) is 75.5 cm³/mol. The lowest BCUT2D eigenvalue weighted by atomic mass is 10.1. The summed E-state index contributed by atoms with van der Waals surface area (Å²) in [5, 5.41) is 31.3. The summed E-state index contributed by atoms with van der Waals surface area (Å²) in [4.78, 5) is 33.4. The van der Waals surface area contributed by atoms with Gasteiger partial charge in [0.05, 0.1) is 12.9 Å². The number of nitrogens with one attached hydrogen (secondary N) is 2. The van der Waals surface area contributed by atoms with E-state index in [1.165, 1.54) is 17.8 Å². The first kappa shape index (κ1) is 15.6. The van der Waals surface area contributed by atoms with Crippen LogP contribution in [0.15, 0.2) is 11.1 Å². The molecule has 3 rings (SSSR count). The third kappa shape index (κ3) is 2.59. The number of aliphatic hydroxyl groups is 3. The normalized spacial score (nSPS) is 27.5. The van der Waals surface area contributed by atoms with E-state index < -0.39 is 42.6 Å². The SMILES string of the molecule is CC(=O)Nc1nc2c(ncn2[C@@H]2O[C@H](CO)C(O)C2O)c(=O)[nH]1. The van der Waals surface area contributed by atoms with Gasteiger partial charge in [0.2, 0.25) is 11.9 Å². The molecule has 1 amide bonds. The Kier molecular flexibility index (Phi) is 3.85. The third-order valence-electron chi connectivity index (χ3n) is 3.52. The first-order valence-corrected chi connectivity index (χ1v) is 6.79. The topological polar surface area (TPSA) is 163 Å². The Labute approximate surface area is 128 Å². The van der Waals surface area contributed by atoms with Gasteiger partial charge in [0.1, 0.15) is 18.3 Å². The van der Waals surface area contributed by atoms with E-state index in [-0.39, 0.29) is 17.1 Å². The smallest absolute Gasteiger partial charge is 0.280 e. The second-order valence-corrected chi connectivity index (χ2v) is 5.15. The molecular weight excluding hydrogens is 310 g/mol. The molecule has 3 heterocycles. The van der Waals surface area contributed by atoms with Gasteiger partial charge in [-0.25, -0.2) is 4.98 Å². The average Bonchev–Trinajstić information content (AvgIpc) is 3.01. The van der Waals surface area contributed by atoms with Crippen molar-refractivity contribution in [1.82, 2.24) is 19.5 Å². The molecule has 0 radical (unpaired) electrons. The number of H-pyrrole nitrogens is 1. The van der Waals surface area contributed by atoms with Gasteiger partial charge in [-0.1, -0.05) is 0 Å². The molecule has 0 aliphatic carbocycles. The lowest BCUT2D eigenvalue weighted by Crippen LogP contribution is -2.33. The fraction of sp³-hybridized carbons (Fsp3) is 0.500. The van der Waals surface area contributed by atoms with Crippen molar-refractivity contribution in [3.8, 4) is 0 Å². The highest BCUT2D eigenvalue weighted by molar-refractivity contribution is 5.87. The highest BCUT2D eigenvalue weighted by atomic mass is 16.6. The van der Waals surface area contributed by atoms with Gasteiger partial charge in [-0.2, -0.15) is 4.98 Å². The number of imidazole rings is 1. The number of rotatable bonds is 3. The molecule has 1 fully saturated rings. The highest BCUT2D eigenvalue weighted by Gasteiger charge is 2.44. The molecule has 124 valence electrons. The molecule has 2 aromatic rings. The molecule has 11 heteroatoms. The summed E-state index contributed by atoms with van der Waals surface area (Å²) >= 11 is 0. The molecule has 0 spiro atoms. The molecule has 0 aromatic carbocycles. The van der Waals surface area contributed by atoms with E-state index >= 15 is 0 Å². The monoisotopic (exact) mass is 325 g/mol. The van der Waals surface area contributed by atoms with Crippen LogP contribution >= 0.6 is 0 Å². The largest absolute Gasteiger partial charge is 0.394 e. The van der Waals surface area contributed by atoms with Crippen LogP contribution in [0.25, 0.3) is 11.2 Å². The van der Waals surface area contributed by atoms with Crippen LogP contribution in [0.5, 0.6) is 0 Å². The first-order valence-electron chi connectivity index (χ1n) is 6.79. The maximum Gasteiger partial charge on any atom is 0.280 e. The Hall–Kier alpha value is -2.34. The molecule has 23 heavy (non-hydrogen) atoms. The van der Waals surface area contributed by atoms with Crippen molar-refractivity contribution in [2.24, 2.45) is 0 Å². The van der Waals surface area contributed by atoms with Crippen LogP contribution in [0.3, 0.4) is 0 Å². The molecule has 1 aliphatic rings. The van der Waals surface area contributed by atoms with Crippen LogP contribution in [-0.2, 0) is 9.53 Å². The van der Waals surface area contributed by atoms with Crippen molar-refractivity contribution < 1.29 is 24.9 Å². The van der Waals surface area contributed by atoms with E-state index in [9.17, 15) is 19.8 Å². The molecule has 1 saturated heterocycles. The second-order valence-electron chi connectivity index (χ2n) is 5.15. The van der Waals surface area contributed by atoms with Crippen LogP contribution in [0.4, 0.5) is 5.95 Å². The summed E-state index contributed by atoms with van der Waals surface area (Å²) in [5.74, 6) is -0.505. The maximum atomic E-state index is 12.0. The van der Waals surface area contributed by atoms with Gasteiger partial charge < -0.3 is 20.1 Å². The molecule has 11 nitrogen and oxygen atoms in total. The van der Waals surface area contributed by atoms with Crippen molar-refractivity contribution >= 4 is 23.0 Å². The van der Waals surface area contributed by atoms with Crippen molar-refractivity contribution in [2.45, 2.75) is 31.5 Å². The number of aromatic nitrogens is 4. The van der Waals surface area contributed by atoms with Crippen LogP contribution < -0.4 is 10.9 Å². The fourth-order valence-corrected chi connectivity index (χ4v) is 2.45. The number of nitrogens with zero attached hydrogens (tertiary/aromatic N) is 3. The molecule has 0 saturated carbocycles. The third-order valence-corrected chi connectivity index (χ3v) is 3.52. The number of aliphatic hydroxyl groups excluding tert-OH is 3. The Morgan fingerprint density at radius 1 is 1.48 bits per heavy atom. The van der Waals surface area contributed by atoms with Gasteiger partial charge in [0.25, 0.3) is 5.56 Å². The minimum absolute atomic E-state index is 0.0168. The number of amides is 1. The number of ether oxygens (including phenoxy) is 1. The molecule has 4 atom stereocenters. The molecule has 2 unspecified atom stereocenters. The molecule has 2 aromatic heterocycles. The number of carbonyl (C=O) groups excluding carboxylic acids is 1. The van der Waals surface area contributed by atoms with E-state index in [2.05, 4.69) is 20.3 Å². The standard InChI is InChI=1S/C12H15N5O6/c1-4(19)14-12-15-9-6(10(22)16-12)13-3-17(9)11-8(21)7(20)5(2-18)23-11/h3,5,7-8,11,18,20-21H,2H2,1H3,(H2,14,15,16,19,22)/t5-,7?,8?,11-/m1/s1. The summed E-state index contributed by atoms with van der Waals surface area (Å²) < 4.78 is 6.65. The Morgan fingerprint density at radius 3 is 2.83 bits per heavy atom. The van der Waals surface area contributed by atoms with Gasteiger partial charge >= 0.3 is 0 Å². The zero-order valence-electron chi connectivity index (χ0n) is 12.0. The highest BCUT2D eigenvalue weighted by Crippen LogP contribution is 2.30. The maximum absolute atomic E-state index is 12.0. The first-order chi connectivity index (χ1) is 10.9.